The molecular weight excluding hydrogens is 477 g/mol. The van der Waals surface area contributed by atoms with E-state index in [0.717, 1.165) is 51.4 Å². The van der Waals surface area contributed by atoms with Crippen molar-refractivity contribution in [2.45, 2.75) is 97.2 Å². The number of carbonyl (C=O) groups is 1. The Morgan fingerprint density at radius 2 is 1.86 bits per heavy atom. The average molecular weight is 526 g/mol. The molecule has 0 bridgehead atoms. The summed E-state index contributed by atoms with van der Waals surface area (Å²) in [6.45, 7) is 3.23. The van der Waals surface area contributed by atoms with E-state index >= 15 is 0 Å². The van der Waals surface area contributed by atoms with Crippen molar-refractivity contribution >= 4 is 16.0 Å². The van der Waals surface area contributed by atoms with Crippen LogP contribution in [-0.4, -0.2) is 53.5 Å². The van der Waals surface area contributed by atoms with E-state index in [4.69, 9.17) is 5.48 Å². The fourth-order valence-corrected chi connectivity index (χ4v) is 9.12. The van der Waals surface area contributed by atoms with Crippen molar-refractivity contribution in [1.29, 1.82) is 0 Å². The van der Waals surface area contributed by atoms with Crippen LogP contribution in [-0.2, 0) is 14.9 Å². The van der Waals surface area contributed by atoms with Crippen LogP contribution in [0, 0.1) is 46.3 Å². The Bertz CT molecular complexity index is 1030. The minimum Gasteiger partial charge on any atom is -0.748 e. The molecular formula is C26H44NNaO6S. The molecule has 0 aromatic heterocycles. The predicted molar refractivity (Wildman–Crippen MR) is 129 cm³/mol. The van der Waals surface area contributed by atoms with E-state index in [-0.39, 0.29) is 64.7 Å². The zero-order chi connectivity index (χ0) is 28.5. The first-order valence-electron chi connectivity index (χ1n) is 15.0. The standard InChI is InChI=1S/C26H45NO6S.Na/c1-16(4-9-24(30)27-12-13-34(31,32)33)20-7-8-21-19-6-5-17-14-18(28)10-11-25(17,2)22(19)15-23(29)26(20,21)3;/h16-23,28-29H,4-15H2,1-3H3,(H,27,30)(H,31,32,33);/q;+1/p-1/t16-,17-,18-,19+,20-,21+,22+,23+,25+,26-;/m1./s1/i12D2,13D2;. The maximum atomic E-state index is 12.5. The largest absolute Gasteiger partial charge is 1.00 e. The molecule has 0 spiro atoms. The molecule has 0 saturated heterocycles. The van der Waals surface area contributed by atoms with Gasteiger partial charge in [-0.3, -0.25) is 4.79 Å². The summed E-state index contributed by atoms with van der Waals surface area (Å²) < 4.78 is 63.6. The SMILES string of the molecule is [2H]C([2H])(NC(=O)CC[C@@H](C)[C@H]1CC[C@H]2[C@@H]3CC[C@@H]4C[C@H](O)CC[C@]4(C)[C@H]3C[C@H](O)[C@]12C)C([2H])([2H])S(=O)(=O)[O-].[Na+]. The Labute approximate surface area is 239 Å². The van der Waals surface area contributed by atoms with Crippen molar-refractivity contribution < 1.29 is 63.0 Å². The van der Waals surface area contributed by atoms with Gasteiger partial charge in [0.2, 0.25) is 5.91 Å². The Morgan fingerprint density at radius 3 is 2.54 bits per heavy atom. The topological polar surface area (TPSA) is 127 Å². The van der Waals surface area contributed by atoms with Crippen LogP contribution in [0.1, 0.15) is 90.5 Å². The molecule has 4 aliphatic carbocycles. The molecule has 0 unspecified atom stereocenters. The Balaban J connectivity index is 0.00000420. The Morgan fingerprint density at radius 1 is 1.14 bits per heavy atom. The average Bonchev–Trinajstić information content (AvgIpc) is 3.16. The van der Waals surface area contributed by atoms with Crippen LogP contribution >= 0.6 is 0 Å². The molecule has 7 nitrogen and oxygen atoms in total. The molecule has 4 fully saturated rings. The second-order valence-electron chi connectivity index (χ2n) is 12.1. The van der Waals surface area contributed by atoms with Crippen LogP contribution < -0.4 is 34.9 Å². The summed E-state index contributed by atoms with van der Waals surface area (Å²) in [5, 5.41) is 23.7. The van der Waals surface area contributed by atoms with Gasteiger partial charge in [0.25, 0.3) is 0 Å². The van der Waals surface area contributed by atoms with Gasteiger partial charge in [-0.15, -0.1) is 0 Å². The van der Waals surface area contributed by atoms with Crippen molar-refractivity contribution in [2.75, 3.05) is 12.2 Å². The first-order valence-corrected chi connectivity index (χ1v) is 14.4. The molecule has 4 rings (SSSR count). The summed E-state index contributed by atoms with van der Waals surface area (Å²) in [6.07, 6.45) is 7.19. The first kappa shape index (κ1) is 24.3. The van der Waals surface area contributed by atoms with Crippen molar-refractivity contribution in [3.8, 4) is 0 Å². The molecule has 10 atom stereocenters. The quantitative estimate of drug-likeness (QED) is 0.319. The molecule has 0 aromatic carbocycles. The summed E-state index contributed by atoms with van der Waals surface area (Å²) in [5.41, 5.74) is -3.95. The van der Waals surface area contributed by atoms with Crippen LogP contribution in [0.4, 0.5) is 0 Å². The van der Waals surface area contributed by atoms with Gasteiger partial charge in [0.15, 0.2) is 0 Å². The molecule has 0 radical (unpaired) electrons. The second kappa shape index (κ2) is 11.2. The smallest absolute Gasteiger partial charge is 0.748 e. The van der Waals surface area contributed by atoms with E-state index in [0.29, 0.717) is 30.1 Å². The van der Waals surface area contributed by atoms with Crippen molar-refractivity contribution in [3.05, 3.63) is 0 Å². The van der Waals surface area contributed by atoms with Gasteiger partial charge in [-0.25, -0.2) is 8.42 Å². The minimum atomic E-state index is -5.65. The third kappa shape index (κ3) is 5.84. The molecule has 4 saturated carbocycles. The van der Waals surface area contributed by atoms with Gasteiger partial charge in [-0.1, -0.05) is 20.8 Å². The number of hydrogen-bond donors (Lipinski definition) is 3. The van der Waals surface area contributed by atoms with Gasteiger partial charge in [-0.05, 0) is 104 Å². The van der Waals surface area contributed by atoms with Crippen LogP contribution in [0.2, 0.25) is 0 Å². The van der Waals surface area contributed by atoms with E-state index in [9.17, 15) is 28.0 Å². The third-order valence-electron chi connectivity index (χ3n) is 10.7. The molecule has 35 heavy (non-hydrogen) atoms. The van der Waals surface area contributed by atoms with E-state index in [1.165, 1.54) is 0 Å². The van der Waals surface area contributed by atoms with E-state index in [1.54, 1.807) is 5.32 Å². The summed E-state index contributed by atoms with van der Waals surface area (Å²) in [5.74, 6) is 1.20. The van der Waals surface area contributed by atoms with Crippen molar-refractivity contribution in [2.24, 2.45) is 46.3 Å². The van der Waals surface area contributed by atoms with Crippen LogP contribution in [0.15, 0.2) is 0 Å². The van der Waals surface area contributed by atoms with Crippen LogP contribution in [0.3, 0.4) is 0 Å². The molecule has 0 aliphatic heterocycles. The first-order chi connectivity index (χ1) is 17.4. The zero-order valence-electron chi connectivity index (χ0n) is 25.6. The molecule has 1 amide bonds. The van der Waals surface area contributed by atoms with Crippen molar-refractivity contribution in [1.82, 2.24) is 5.32 Å². The summed E-state index contributed by atoms with van der Waals surface area (Å²) in [6, 6.07) is 0. The minimum absolute atomic E-state index is 0. The molecule has 4 aliphatic rings. The Kier molecular flexibility index (Phi) is 7.78. The molecule has 196 valence electrons. The molecule has 9 heteroatoms. The Hall–Kier alpha value is 0.300. The molecule has 0 heterocycles. The van der Waals surface area contributed by atoms with Gasteiger partial charge in [0, 0.05) is 15.7 Å². The number of hydrogen-bond acceptors (Lipinski definition) is 6. The number of nitrogens with one attached hydrogen (secondary N) is 1. The predicted octanol–water partition coefficient (Wildman–Crippen LogP) is 0.0587. The molecule has 0 aromatic rings. The van der Waals surface area contributed by atoms with Crippen molar-refractivity contribution in [3.63, 3.8) is 0 Å². The van der Waals surface area contributed by atoms with E-state index in [1.807, 2.05) is 6.92 Å². The van der Waals surface area contributed by atoms with Gasteiger partial charge in [0.1, 0.15) is 0 Å². The zero-order valence-corrected chi connectivity index (χ0v) is 24.4. The number of amides is 1. The van der Waals surface area contributed by atoms with Gasteiger partial charge in [0.05, 0.1) is 30.8 Å². The summed E-state index contributed by atoms with van der Waals surface area (Å²) in [4.78, 5) is 12.5. The summed E-state index contributed by atoms with van der Waals surface area (Å²) >= 11 is 0. The van der Waals surface area contributed by atoms with Crippen LogP contribution in [0.5, 0.6) is 0 Å². The van der Waals surface area contributed by atoms with Gasteiger partial charge < -0.3 is 20.1 Å². The normalized spacial score (nSPS) is 46.3. The summed E-state index contributed by atoms with van der Waals surface area (Å²) in [7, 11) is -5.65. The number of rotatable bonds is 7. The fraction of sp³-hybridized carbons (Fsp3) is 0.962. The number of fused-ring (bicyclic) bond motifs is 5. The number of aliphatic hydroxyl groups excluding tert-OH is 2. The monoisotopic (exact) mass is 525 g/mol. The maximum Gasteiger partial charge on any atom is 1.00 e. The van der Waals surface area contributed by atoms with Gasteiger partial charge in [-0.2, -0.15) is 0 Å². The van der Waals surface area contributed by atoms with Crippen LogP contribution in [0.25, 0.3) is 0 Å². The van der Waals surface area contributed by atoms with Gasteiger partial charge >= 0.3 is 29.6 Å². The number of carbonyl (C=O) groups excluding carboxylic acids is 1. The molecule has 3 N–H and O–H groups in total. The number of aliphatic hydroxyl groups is 2. The maximum absolute atomic E-state index is 12.5. The van der Waals surface area contributed by atoms with E-state index in [2.05, 4.69) is 13.8 Å². The second-order valence-corrected chi connectivity index (χ2v) is 13.2. The van der Waals surface area contributed by atoms with E-state index < -0.39 is 34.3 Å². The third-order valence-corrected chi connectivity index (χ3v) is 11.1. The fourth-order valence-electron chi connectivity index (χ4n) is 8.94.